The molecule has 0 unspecified atom stereocenters. The SMILES string of the molecule is CC(C)(C)c1ccc(N2Oc3ccccc3[C@H](C(=O)NO)[C@H]2c2ccc3c(c2)OCCO3)cc1Cl. The number of benzene rings is 3. The summed E-state index contributed by atoms with van der Waals surface area (Å²) in [6.45, 7) is 7.21. The summed E-state index contributed by atoms with van der Waals surface area (Å²) in [5, 5.41) is 11.9. The maximum Gasteiger partial charge on any atom is 0.253 e. The second-order valence-electron chi connectivity index (χ2n) is 9.67. The van der Waals surface area contributed by atoms with E-state index in [1.54, 1.807) is 11.1 Å². The molecule has 3 aromatic carbocycles. The van der Waals surface area contributed by atoms with Gasteiger partial charge in [0, 0.05) is 10.6 Å². The normalized spacial score (nSPS) is 18.9. The Balaban J connectivity index is 1.68. The lowest BCUT2D eigenvalue weighted by molar-refractivity contribution is -0.132. The van der Waals surface area contributed by atoms with Crippen molar-refractivity contribution in [2.45, 2.75) is 38.1 Å². The summed E-state index contributed by atoms with van der Waals surface area (Å²) < 4.78 is 11.5. The lowest BCUT2D eigenvalue weighted by Crippen LogP contribution is -2.45. The standard InChI is InChI=1S/C27H27ClN2O5/c1-27(2,3)19-10-9-17(15-20(19)28)30-25(16-8-11-22-23(14-16)34-13-12-33-22)24(26(31)29-32)18-6-4-5-7-21(18)35-30/h4-11,14-15,24-25,32H,12-13H2,1-3H3,(H,29,31)/t24-,25+/m0/s1. The van der Waals surface area contributed by atoms with Crippen LogP contribution in [-0.4, -0.2) is 24.3 Å². The van der Waals surface area contributed by atoms with Crippen molar-refractivity contribution < 1.29 is 24.3 Å². The molecule has 0 saturated heterocycles. The number of hydrogen-bond donors (Lipinski definition) is 2. The Bertz CT molecular complexity index is 1270. The van der Waals surface area contributed by atoms with Crippen LogP contribution in [-0.2, 0) is 10.2 Å². The Morgan fingerprint density at radius 3 is 2.46 bits per heavy atom. The van der Waals surface area contributed by atoms with Crippen LogP contribution in [0.4, 0.5) is 5.69 Å². The van der Waals surface area contributed by atoms with Gasteiger partial charge >= 0.3 is 0 Å². The summed E-state index contributed by atoms with van der Waals surface area (Å²) in [5.74, 6) is 0.420. The average Bonchev–Trinajstić information content (AvgIpc) is 2.86. The van der Waals surface area contributed by atoms with E-state index >= 15 is 0 Å². The third-order valence-electron chi connectivity index (χ3n) is 6.33. The van der Waals surface area contributed by atoms with Gasteiger partial charge in [0.15, 0.2) is 17.2 Å². The van der Waals surface area contributed by atoms with Crippen LogP contribution in [0.15, 0.2) is 60.7 Å². The van der Waals surface area contributed by atoms with E-state index in [0.717, 1.165) is 11.1 Å². The number of nitrogens with zero attached hydrogens (tertiary/aromatic N) is 1. The quantitative estimate of drug-likeness (QED) is 0.367. The first-order valence-electron chi connectivity index (χ1n) is 11.5. The fourth-order valence-electron chi connectivity index (χ4n) is 4.68. The Hall–Kier alpha value is -3.42. The first kappa shape index (κ1) is 23.3. The van der Waals surface area contributed by atoms with Crippen LogP contribution in [0.1, 0.15) is 49.4 Å². The monoisotopic (exact) mass is 494 g/mol. The van der Waals surface area contributed by atoms with E-state index in [0.29, 0.717) is 46.7 Å². The minimum atomic E-state index is -0.784. The van der Waals surface area contributed by atoms with Gasteiger partial charge in [0.25, 0.3) is 5.91 Å². The molecule has 0 fully saturated rings. The van der Waals surface area contributed by atoms with Crippen molar-refractivity contribution >= 4 is 23.2 Å². The molecule has 0 saturated carbocycles. The molecule has 7 nitrogen and oxygen atoms in total. The molecule has 3 aromatic rings. The molecule has 2 heterocycles. The third-order valence-corrected chi connectivity index (χ3v) is 6.65. The van der Waals surface area contributed by atoms with Gasteiger partial charge in [-0.2, -0.15) is 0 Å². The summed E-state index contributed by atoms with van der Waals surface area (Å²) in [6.07, 6.45) is 0. The van der Waals surface area contributed by atoms with Crippen molar-refractivity contribution in [3.8, 4) is 17.2 Å². The lowest BCUT2D eigenvalue weighted by atomic mass is 9.83. The lowest BCUT2D eigenvalue weighted by Gasteiger charge is -2.42. The smallest absolute Gasteiger partial charge is 0.253 e. The zero-order chi connectivity index (χ0) is 24.7. The van der Waals surface area contributed by atoms with Crippen molar-refractivity contribution in [3.05, 3.63) is 82.4 Å². The van der Waals surface area contributed by atoms with E-state index < -0.39 is 17.9 Å². The minimum Gasteiger partial charge on any atom is -0.486 e. The maximum absolute atomic E-state index is 13.1. The Kier molecular flexibility index (Phi) is 5.99. The van der Waals surface area contributed by atoms with Crippen LogP contribution in [0.3, 0.4) is 0 Å². The number of carbonyl (C=O) groups is 1. The Morgan fingerprint density at radius 1 is 1.00 bits per heavy atom. The van der Waals surface area contributed by atoms with Crippen molar-refractivity contribution in [1.82, 2.24) is 5.48 Å². The summed E-state index contributed by atoms with van der Waals surface area (Å²) in [6, 6.07) is 18.0. The number of hydrogen-bond acceptors (Lipinski definition) is 6. The van der Waals surface area contributed by atoms with Gasteiger partial charge in [-0.25, -0.2) is 10.5 Å². The second-order valence-corrected chi connectivity index (χ2v) is 10.1. The van der Waals surface area contributed by atoms with Crippen molar-refractivity contribution in [2.24, 2.45) is 0 Å². The number of anilines is 1. The average molecular weight is 495 g/mol. The molecule has 8 heteroatoms. The highest BCUT2D eigenvalue weighted by Crippen LogP contribution is 2.48. The topological polar surface area (TPSA) is 80.3 Å². The fourth-order valence-corrected chi connectivity index (χ4v) is 5.14. The molecule has 35 heavy (non-hydrogen) atoms. The molecular weight excluding hydrogens is 468 g/mol. The summed E-state index contributed by atoms with van der Waals surface area (Å²) in [4.78, 5) is 19.5. The zero-order valence-corrected chi connectivity index (χ0v) is 20.5. The number of fused-ring (bicyclic) bond motifs is 2. The molecule has 2 aliphatic rings. The highest BCUT2D eigenvalue weighted by molar-refractivity contribution is 6.31. The number of nitrogens with one attached hydrogen (secondary N) is 1. The van der Waals surface area contributed by atoms with Crippen LogP contribution in [0.25, 0.3) is 0 Å². The molecule has 0 aliphatic carbocycles. The third kappa shape index (κ3) is 4.26. The summed E-state index contributed by atoms with van der Waals surface area (Å²) in [5.41, 5.74) is 4.80. The van der Waals surface area contributed by atoms with Gasteiger partial charge in [0.2, 0.25) is 0 Å². The molecule has 0 aromatic heterocycles. The fraction of sp³-hybridized carbons (Fsp3) is 0.296. The van der Waals surface area contributed by atoms with E-state index in [9.17, 15) is 10.0 Å². The van der Waals surface area contributed by atoms with E-state index in [2.05, 4.69) is 20.8 Å². The molecule has 5 rings (SSSR count). The highest BCUT2D eigenvalue weighted by atomic mass is 35.5. The van der Waals surface area contributed by atoms with Crippen LogP contribution >= 0.6 is 11.6 Å². The minimum absolute atomic E-state index is 0.139. The number of halogens is 1. The van der Waals surface area contributed by atoms with E-state index in [1.165, 1.54) is 0 Å². The van der Waals surface area contributed by atoms with Gasteiger partial charge in [-0.15, -0.1) is 0 Å². The van der Waals surface area contributed by atoms with E-state index in [4.69, 9.17) is 25.9 Å². The number of ether oxygens (including phenoxy) is 2. The number of para-hydroxylation sites is 1. The first-order chi connectivity index (χ1) is 16.8. The molecule has 0 spiro atoms. The van der Waals surface area contributed by atoms with Crippen molar-refractivity contribution in [3.63, 3.8) is 0 Å². The number of amides is 1. The van der Waals surface area contributed by atoms with Gasteiger partial charge < -0.3 is 14.3 Å². The predicted molar refractivity (Wildman–Crippen MR) is 133 cm³/mol. The zero-order valence-electron chi connectivity index (χ0n) is 19.7. The van der Waals surface area contributed by atoms with E-state index in [1.807, 2.05) is 60.1 Å². The summed E-state index contributed by atoms with van der Waals surface area (Å²) in [7, 11) is 0. The first-order valence-corrected chi connectivity index (χ1v) is 11.9. The number of hydroxylamine groups is 2. The largest absolute Gasteiger partial charge is 0.486 e. The van der Waals surface area contributed by atoms with Crippen molar-refractivity contribution in [2.75, 3.05) is 18.3 Å². The molecule has 182 valence electrons. The Morgan fingerprint density at radius 2 is 1.74 bits per heavy atom. The van der Waals surface area contributed by atoms with Gasteiger partial charge in [-0.1, -0.05) is 62.7 Å². The van der Waals surface area contributed by atoms with Gasteiger partial charge in [0.05, 0.1) is 11.6 Å². The van der Waals surface area contributed by atoms with Crippen LogP contribution < -0.4 is 24.9 Å². The molecular formula is C27H27ClN2O5. The summed E-state index contributed by atoms with van der Waals surface area (Å²) >= 11 is 6.71. The van der Waals surface area contributed by atoms with Gasteiger partial charge in [0.1, 0.15) is 19.3 Å². The van der Waals surface area contributed by atoms with Crippen LogP contribution in [0.5, 0.6) is 17.2 Å². The van der Waals surface area contributed by atoms with Gasteiger partial charge in [-0.05, 0) is 46.9 Å². The van der Waals surface area contributed by atoms with Gasteiger partial charge in [-0.3, -0.25) is 10.0 Å². The molecule has 0 radical (unpaired) electrons. The van der Waals surface area contributed by atoms with Crippen LogP contribution in [0.2, 0.25) is 5.02 Å². The molecule has 2 aliphatic heterocycles. The molecule has 1 amide bonds. The molecule has 0 bridgehead atoms. The van der Waals surface area contributed by atoms with E-state index in [-0.39, 0.29) is 5.41 Å². The second kappa shape index (κ2) is 8.98. The molecule has 2 N–H and O–H groups in total. The van der Waals surface area contributed by atoms with Crippen molar-refractivity contribution in [1.29, 1.82) is 0 Å². The highest BCUT2D eigenvalue weighted by Gasteiger charge is 2.43. The van der Waals surface area contributed by atoms with Crippen LogP contribution in [0, 0.1) is 0 Å². The number of carbonyl (C=O) groups excluding carboxylic acids is 1. The Labute approximate surface area is 209 Å². The number of rotatable bonds is 3. The maximum atomic E-state index is 13.1. The molecule has 2 atom stereocenters. The predicted octanol–water partition coefficient (Wildman–Crippen LogP) is 5.55.